The van der Waals surface area contributed by atoms with Crippen molar-refractivity contribution in [3.63, 3.8) is 0 Å². The highest BCUT2D eigenvalue weighted by Gasteiger charge is 2.26. The van der Waals surface area contributed by atoms with Crippen LogP contribution in [-0.2, 0) is 13.6 Å². The van der Waals surface area contributed by atoms with Gasteiger partial charge in [0.05, 0.1) is 17.7 Å². The van der Waals surface area contributed by atoms with Crippen molar-refractivity contribution in [2.75, 3.05) is 26.2 Å². The lowest BCUT2D eigenvalue weighted by molar-refractivity contribution is 0.0462. The molecule has 11 heteroatoms. The third kappa shape index (κ3) is 5.04. The second-order valence-electron chi connectivity index (χ2n) is 9.74. The quantitative estimate of drug-likeness (QED) is 0.362. The maximum absolute atomic E-state index is 13.5. The summed E-state index contributed by atoms with van der Waals surface area (Å²) < 4.78 is 4.45. The van der Waals surface area contributed by atoms with E-state index >= 15 is 0 Å². The number of halogens is 2. The zero-order chi connectivity index (χ0) is 27.0. The standard InChI is InChI=1S/C27H29Cl2N5O4/c1-31-26(37)23-25(33(27(31)38)14-17-10-12-32(13-11-17)15-20(36)16-35)30-24(21-4-2-3-5-22(21)29)34(23)19-8-6-18(28)7-9-19/h2-9,17,20,35-36H,10-16H2,1H3/t20-/m0/s1. The Kier molecular flexibility index (Phi) is 7.74. The predicted octanol–water partition coefficient (Wildman–Crippen LogP) is 2.92. The lowest BCUT2D eigenvalue weighted by atomic mass is 9.96. The largest absolute Gasteiger partial charge is 0.394 e. The Morgan fingerprint density at radius 2 is 1.74 bits per heavy atom. The average Bonchev–Trinajstić information content (AvgIpc) is 3.31. The van der Waals surface area contributed by atoms with E-state index in [2.05, 4.69) is 4.90 Å². The molecule has 1 saturated heterocycles. The van der Waals surface area contributed by atoms with Gasteiger partial charge in [-0.2, -0.15) is 0 Å². The molecular weight excluding hydrogens is 529 g/mol. The molecule has 5 rings (SSSR count). The summed E-state index contributed by atoms with van der Waals surface area (Å²) in [6, 6.07) is 14.3. The Morgan fingerprint density at radius 1 is 1.05 bits per heavy atom. The number of hydrogen-bond donors (Lipinski definition) is 2. The fourth-order valence-electron chi connectivity index (χ4n) is 5.10. The average molecular weight is 558 g/mol. The van der Waals surface area contributed by atoms with E-state index in [4.69, 9.17) is 33.3 Å². The number of β-amino-alcohol motifs (C(OH)–C–C–N with tert-alkyl or cyclic N) is 1. The normalized spacial score (nSPS) is 15.8. The van der Waals surface area contributed by atoms with Crippen LogP contribution < -0.4 is 11.2 Å². The summed E-state index contributed by atoms with van der Waals surface area (Å²) in [7, 11) is 1.48. The van der Waals surface area contributed by atoms with Crippen molar-refractivity contribution >= 4 is 34.4 Å². The summed E-state index contributed by atoms with van der Waals surface area (Å²) in [6.45, 7) is 2.04. The smallest absolute Gasteiger partial charge is 0.332 e. The number of likely N-dealkylation sites (tertiary alicyclic amines) is 1. The van der Waals surface area contributed by atoms with Crippen molar-refractivity contribution in [2.45, 2.75) is 25.5 Å². The highest BCUT2D eigenvalue weighted by atomic mass is 35.5. The van der Waals surface area contributed by atoms with Crippen LogP contribution >= 0.6 is 23.2 Å². The number of aliphatic hydroxyl groups excluding tert-OH is 2. The molecule has 2 aromatic heterocycles. The molecule has 4 aromatic rings. The Labute approximate surface area is 229 Å². The van der Waals surface area contributed by atoms with Crippen molar-refractivity contribution in [3.8, 4) is 17.1 Å². The Hall–Kier alpha value is -2.95. The molecule has 200 valence electrons. The summed E-state index contributed by atoms with van der Waals surface area (Å²) >= 11 is 12.7. The van der Waals surface area contributed by atoms with E-state index in [0.29, 0.717) is 45.9 Å². The molecule has 0 amide bonds. The summed E-state index contributed by atoms with van der Waals surface area (Å²) in [5.41, 5.74) is 1.03. The summed E-state index contributed by atoms with van der Waals surface area (Å²) in [5, 5.41) is 20.0. The zero-order valence-electron chi connectivity index (χ0n) is 20.9. The number of hydrogen-bond acceptors (Lipinski definition) is 6. The molecule has 1 atom stereocenters. The number of aliphatic hydroxyl groups is 2. The Morgan fingerprint density at radius 3 is 2.39 bits per heavy atom. The van der Waals surface area contributed by atoms with Crippen LogP contribution in [0.3, 0.4) is 0 Å². The first-order valence-corrected chi connectivity index (χ1v) is 13.3. The van der Waals surface area contributed by atoms with Gasteiger partial charge in [0.1, 0.15) is 5.82 Å². The number of benzene rings is 2. The molecule has 3 heterocycles. The molecule has 1 fully saturated rings. The molecule has 0 saturated carbocycles. The minimum absolute atomic E-state index is 0.181. The fourth-order valence-corrected chi connectivity index (χ4v) is 5.45. The first-order valence-electron chi connectivity index (χ1n) is 12.5. The number of nitrogens with zero attached hydrogens (tertiary/aromatic N) is 5. The molecule has 0 unspecified atom stereocenters. The predicted molar refractivity (Wildman–Crippen MR) is 148 cm³/mol. The van der Waals surface area contributed by atoms with Gasteiger partial charge in [-0.1, -0.05) is 35.3 Å². The first kappa shape index (κ1) is 26.6. The molecule has 1 aliphatic heterocycles. The minimum Gasteiger partial charge on any atom is -0.394 e. The van der Waals surface area contributed by atoms with Gasteiger partial charge in [0.25, 0.3) is 5.56 Å². The van der Waals surface area contributed by atoms with Gasteiger partial charge >= 0.3 is 5.69 Å². The molecule has 38 heavy (non-hydrogen) atoms. The number of rotatable bonds is 7. The van der Waals surface area contributed by atoms with Crippen molar-refractivity contribution in [3.05, 3.63) is 79.4 Å². The van der Waals surface area contributed by atoms with Crippen molar-refractivity contribution in [1.29, 1.82) is 0 Å². The maximum atomic E-state index is 13.5. The van der Waals surface area contributed by atoms with Crippen LogP contribution in [-0.4, -0.2) is 66.1 Å². The van der Waals surface area contributed by atoms with E-state index in [0.717, 1.165) is 30.5 Å². The molecule has 0 radical (unpaired) electrons. The lowest BCUT2D eigenvalue weighted by Crippen LogP contribution is -2.43. The van der Waals surface area contributed by atoms with E-state index in [9.17, 15) is 14.7 Å². The van der Waals surface area contributed by atoms with Gasteiger partial charge in [-0.15, -0.1) is 0 Å². The molecule has 0 aliphatic carbocycles. The van der Waals surface area contributed by atoms with Crippen LogP contribution in [0.2, 0.25) is 10.0 Å². The molecule has 2 N–H and O–H groups in total. The van der Waals surface area contributed by atoms with Crippen molar-refractivity contribution in [1.82, 2.24) is 23.6 Å². The number of aromatic nitrogens is 4. The number of imidazole rings is 1. The molecule has 0 bridgehead atoms. The van der Waals surface area contributed by atoms with Gasteiger partial charge in [-0.25, -0.2) is 9.78 Å². The van der Waals surface area contributed by atoms with Crippen LogP contribution in [0.4, 0.5) is 0 Å². The second kappa shape index (κ2) is 11.0. The van der Waals surface area contributed by atoms with E-state index in [1.165, 1.54) is 7.05 Å². The van der Waals surface area contributed by atoms with Gasteiger partial charge in [-0.3, -0.25) is 18.5 Å². The summed E-state index contributed by atoms with van der Waals surface area (Å²) in [5.74, 6) is 0.637. The van der Waals surface area contributed by atoms with Gasteiger partial charge in [0, 0.05) is 36.4 Å². The molecule has 2 aromatic carbocycles. The van der Waals surface area contributed by atoms with Gasteiger partial charge in [-0.05, 0) is 68.2 Å². The fraction of sp³-hybridized carbons (Fsp3) is 0.370. The van der Waals surface area contributed by atoms with Crippen LogP contribution in [0.15, 0.2) is 58.1 Å². The second-order valence-corrected chi connectivity index (χ2v) is 10.6. The first-order chi connectivity index (χ1) is 18.3. The third-order valence-corrected chi connectivity index (χ3v) is 7.75. The van der Waals surface area contributed by atoms with Gasteiger partial charge in [0.2, 0.25) is 0 Å². The van der Waals surface area contributed by atoms with Crippen LogP contribution in [0.5, 0.6) is 0 Å². The van der Waals surface area contributed by atoms with E-state index in [1.807, 2.05) is 18.2 Å². The van der Waals surface area contributed by atoms with E-state index < -0.39 is 17.4 Å². The van der Waals surface area contributed by atoms with Crippen molar-refractivity contribution in [2.24, 2.45) is 13.0 Å². The lowest BCUT2D eigenvalue weighted by Gasteiger charge is -2.33. The Balaban J connectivity index is 1.64. The molecule has 0 spiro atoms. The summed E-state index contributed by atoms with van der Waals surface area (Å²) in [6.07, 6.45) is 0.853. The maximum Gasteiger partial charge on any atom is 0.332 e. The van der Waals surface area contributed by atoms with E-state index in [-0.39, 0.29) is 18.0 Å². The third-order valence-electron chi connectivity index (χ3n) is 7.17. The minimum atomic E-state index is -0.766. The SMILES string of the molecule is Cn1c(=O)c2c(nc(-c3ccccc3Cl)n2-c2ccc(Cl)cc2)n(CC2CCN(C[C@H](O)CO)CC2)c1=O. The summed E-state index contributed by atoms with van der Waals surface area (Å²) in [4.78, 5) is 33.9. The molecule has 9 nitrogen and oxygen atoms in total. The molecule has 1 aliphatic rings. The highest BCUT2D eigenvalue weighted by Crippen LogP contribution is 2.32. The zero-order valence-corrected chi connectivity index (χ0v) is 22.4. The van der Waals surface area contributed by atoms with Gasteiger partial charge in [0.15, 0.2) is 11.2 Å². The number of piperidine rings is 1. The molecular formula is C27H29Cl2N5O4. The van der Waals surface area contributed by atoms with Crippen molar-refractivity contribution < 1.29 is 10.2 Å². The topological polar surface area (TPSA) is 106 Å². The monoisotopic (exact) mass is 557 g/mol. The number of fused-ring (bicyclic) bond motifs is 1. The highest BCUT2D eigenvalue weighted by molar-refractivity contribution is 6.33. The Bertz CT molecular complexity index is 1570. The van der Waals surface area contributed by atoms with Crippen LogP contribution in [0, 0.1) is 5.92 Å². The van der Waals surface area contributed by atoms with Crippen LogP contribution in [0.25, 0.3) is 28.2 Å². The van der Waals surface area contributed by atoms with Gasteiger partial charge < -0.3 is 15.1 Å². The van der Waals surface area contributed by atoms with Crippen LogP contribution in [0.1, 0.15) is 12.8 Å². The van der Waals surface area contributed by atoms with E-state index in [1.54, 1.807) is 39.5 Å².